The summed E-state index contributed by atoms with van der Waals surface area (Å²) < 4.78 is 5.84. The number of halogens is 1. The molecule has 1 fully saturated rings. The minimum atomic E-state index is 0.317. The molecular formula is C14H19ClN2O. The highest BCUT2D eigenvalue weighted by molar-refractivity contribution is 6.31. The van der Waals surface area contributed by atoms with Crippen LogP contribution in [-0.4, -0.2) is 13.2 Å². The number of ether oxygens (including phenoxy) is 1. The molecule has 1 aliphatic rings. The summed E-state index contributed by atoms with van der Waals surface area (Å²) in [4.78, 5) is 0. The van der Waals surface area contributed by atoms with Crippen LogP contribution in [0.4, 0.5) is 0 Å². The Balaban J connectivity index is 0.000000771. The number of nitriles is 1. The van der Waals surface area contributed by atoms with Crippen molar-refractivity contribution in [2.75, 3.05) is 7.05 Å². The summed E-state index contributed by atoms with van der Waals surface area (Å²) in [5, 5.41) is 9.22. The summed E-state index contributed by atoms with van der Waals surface area (Å²) >= 11 is 5.94. The van der Waals surface area contributed by atoms with Crippen molar-refractivity contribution >= 4 is 11.6 Å². The maximum Gasteiger partial charge on any atom is 0.121 e. The molecule has 0 aromatic heterocycles. The molecule has 1 aliphatic carbocycles. The van der Waals surface area contributed by atoms with Crippen LogP contribution in [0.15, 0.2) is 18.2 Å². The number of hydrogen-bond donors (Lipinski definition) is 1. The van der Waals surface area contributed by atoms with Gasteiger partial charge in [0.15, 0.2) is 0 Å². The lowest BCUT2D eigenvalue weighted by molar-refractivity contribution is 0.155. The van der Waals surface area contributed by atoms with Crippen molar-refractivity contribution in [1.29, 1.82) is 5.26 Å². The third-order valence-electron chi connectivity index (χ3n) is 2.92. The molecule has 0 amide bonds. The average molecular weight is 267 g/mol. The zero-order valence-corrected chi connectivity index (χ0v) is 11.4. The van der Waals surface area contributed by atoms with Crippen LogP contribution in [0.1, 0.15) is 37.7 Å². The Labute approximate surface area is 114 Å². The highest BCUT2D eigenvalue weighted by Gasteiger charge is 2.15. The predicted octanol–water partition coefficient (Wildman–Crippen LogP) is 3.50. The molecule has 0 atom stereocenters. The van der Waals surface area contributed by atoms with E-state index in [-0.39, 0.29) is 0 Å². The van der Waals surface area contributed by atoms with Crippen LogP contribution in [0.5, 0.6) is 5.75 Å². The van der Waals surface area contributed by atoms with Crippen LogP contribution < -0.4 is 10.5 Å². The highest BCUT2D eigenvalue weighted by atomic mass is 35.5. The Morgan fingerprint density at radius 2 is 1.94 bits per heavy atom. The number of hydrogen-bond acceptors (Lipinski definition) is 3. The van der Waals surface area contributed by atoms with Crippen LogP contribution in [-0.2, 0) is 0 Å². The molecule has 2 N–H and O–H groups in total. The maximum absolute atomic E-state index is 8.76. The van der Waals surface area contributed by atoms with E-state index >= 15 is 0 Å². The van der Waals surface area contributed by atoms with Gasteiger partial charge in [0, 0.05) is 6.07 Å². The van der Waals surface area contributed by atoms with Gasteiger partial charge in [-0.15, -0.1) is 0 Å². The fourth-order valence-corrected chi connectivity index (χ4v) is 2.25. The standard InChI is InChI=1S/C13H14ClNO.CH5N/c14-13-8-12(7-6-10(13)9-15)16-11-4-2-1-3-5-11;1-2/h6-8,11H,1-5H2;2H2,1H3. The highest BCUT2D eigenvalue weighted by Crippen LogP contribution is 2.26. The van der Waals surface area contributed by atoms with Gasteiger partial charge in [-0.2, -0.15) is 5.26 Å². The number of benzene rings is 1. The SMILES string of the molecule is CN.N#Cc1ccc(OC2CCCCC2)cc1Cl. The lowest BCUT2D eigenvalue weighted by atomic mass is 9.98. The topological polar surface area (TPSA) is 59.0 Å². The van der Waals surface area contributed by atoms with E-state index in [9.17, 15) is 0 Å². The van der Waals surface area contributed by atoms with Gasteiger partial charge in [-0.05, 0) is 44.9 Å². The van der Waals surface area contributed by atoms with Crippen molar-refractivity contribution in [3.05, 3.63) is 28.8 Å². The number of nitrogens with two attached hydrogens (primary N) is 1. The zero-order valence-electron chi connectivity index (χ0n) is 10.7. The van der Waals surface area contributed by atoms with E-state index in [0.29, 0.717) is 16.7 Å². The first-order valence-corrected chi connectivity index (χ1v) is 6.61. The molecule has 0 bridgehead atoms. The molecule has 0 heterocycles. The summed E-state index contributed by atoms with van der Waals surface area (Å²) in [5.74, 6) is 0.774. The van der Waals surface area contributed by atoms with Gasteiger partial charge < -0.3 is 10.5 Å². The van der Waals surface area contributed by atoms with Crippen LogP contribution in [0.2, 0.25) is 5.02 Å². The molecule has 1 aromatic carbocycles. The van der Waals surface area contributed by atoms with Crippen LogP contribution in [0, 0.1) is 11.3 Å². The quantitative estimate of drug-likeness (QED) is 0.891. The summed E-state index contributed by atoms with van der Waals surface area (Å²) in [7, 11) is 1.50. The molecule has 18 heavy (non-hydrogen) atoms. The molecule has 0 spiro atoms. The fraction of sp³-hybridized carbons (Fsp3) is 0.500. The molecule has 0 radical (unpaired) electrons. The smallest absolute Gasteiger partial charge is 0.121 e. The van der Waals surface area contributed by atoms with Crippen molar-refractivity contribution in [1.82, 2.24) is 0 Å². The molecule has 2 rings (SSSR count). The second kappa shape index (κ2) is 7.97. The Hall–Kier alpha value is -1.24. The van der Waals surface area contributed by atoms with Crippen molar-refractivity contribution < 1.29 is 4.74 Å². The van der Waals surface area contributed by atoms with Gasteiger partial charge in [0.05, 0.1) is 16.7 Å². The van der Waals surface area contributed by atoms with Gasteiger partial charge in [-0.1, -0.05) is 18.0 Å². The average Bonchev–Trinajstić information content (AvgIpc) is 2.42. The Bertz CT molecular complexity index is 409. The van der Waals surface area contributed by atoms with E-state index in [0.717, 1.165) is 18.6 Å². The van der Waals surface area contributed by atoms with E-state index in [1.165, 1.54) is 26.3 Å². The fourth-order valence-electron chi connectivity index (χ4n) is 2.04. The molecular weight excluding hydrogens is 248 g/mol. The first-order chi connectivity index (χ1) is 8.79. The molecule has 4 heteroatoms. The minimum Gasteiger partial charge on any atom is -0.490 e. The van der Waals surface area contributed by atoms with Crippen LogP contribution in [0.25, 0.3) is 0 Å². The van der Waals surface area contributed by atoms with Crippen LogP contribution in [0.3, 0.4) is 0 Å². The van der Waals surface area contributed by atoms with E-state index < -0.39 is 0 Å². The third-order valence-corrected chi connectivity index (χ3v) is 3.23. The van der Waals surface area contributed by atoms with Gasteiger partial charge in [0.25, 0.3) is 0 Å². The molecule has 98 valence electrons. The number of nitrogens with zero attached hydrogens (tertiary/aromatic N) is 1. The van der Waals surface area contributed by atoms with Gasteiger partial charge in [0.1, 0.15) is 11.8 Å². The van der Waals surface area contributed by atoms with Crippen molar-refractivity contribution in [3.63, 3.8) is 0 Å². The molecule has 0 saturated heterocycles. The number of rotatable bonds is 2. The van der Waals surface area contributed by atoms with E-state index in [1.807, 2.05) is 12.1 Å². The van der Waals surface area contributed by atoms with Crippen molar-refractivity contribution in [3.8, 4) is 11.8 Å². The second-order valence-electron chi connectivity index (χ2n) is 4.13. The molecule has 0 aliphatic heterocycles. The zero-order chi connectivity index (χ0) is 13.4. The van der Waals surface area contributed by atoms with E-state index in [1.54, 1.807) is 12.1 Å². The monoisotopic (exact) mass is 266 g/mol. The van der Waals surface area contributed by atoms with Crippen LogP contribution >= 0.6 is 11.6 Å². The second-order valence-corrected chi connectivity index (χ2v) is 4.54. The summed E-state index contributed by atoms with van der Waals surface area (Å²) in [5.41, 5.74) is 5.00. The summed E-state index contributed by atoms with van der Waals surface area (Å²) in [6, 6.07) is 7.30. The largest absolute Gasteiger partial charge is 0.490 e. The molecule has 3 nitrogen and oxygen atoms in total. The minimum absolute atomic E-state index is 0.317. The van der Waals surface area contributed by atoms with Crippen molar-refractivity contribution in [2.24, 2.45) is 5.73 Å². The van der Waals surface area contributed by atoms with Crippen molar-refractivity contribution in [2.45, 2.75) is 38.2 Å². The third kappa shape index (κ3) is 4.21. The first-order valence-electron chi connectivity index (χ1n) is 6.23. The molecule has 1 saturated carbocycles. The molecule has 0 unspecified atom stereocenters. The summed E-state index contributed by atoms with van der Waals surface area (Å²) in [6.07, 6.45) is 6.37. The Morgan fingerprint density at radius 3 is 2.50 bits per heavy atom. The maximum atomic E-state index is 8.76. The van der Waals surface area contributed by atoms with Gasteiger partial charge >= 0.3 is 0 Å². The Morgan fingerprint density at radius 1 is 1.28 bits per heavy atom. The lowest BCUT2D eigenvalue weighted by Crippen LogP contribution is -2.19. The van der Waals surface area contributed by atoms with Gasteiger partial charge in [-0.3, -0.25) is 0 Å². The van der Waals surface area contributed by atoms with Gasteiger partial charge in [-0.25, -0.2) is 0 Å². The Kier molecular flexibility index (Phi) is 6.56. The first kappa shape index (κ1) is 14.8. The van der Waals surface area contributed by atoms with E-state index in [4.69, 9.17) is 21.6 Å². The van der Waals surface area contributed by atoms with Gasteiger partial charge in [0.2, 0.25) is 0 Å². The normalized spacial score (nSPS) is 15.2. The predicted molar refractivity (Wildman–Crippen MR) is 73.8 cm³/mol. The molecule has 1 aromatic rings. The summed E-state index contributed by atoms with van der Waals surface area (Å²) in [6.45, 7) is 0. The van der Waals surface area contributed by atoms with E-state index in [2.05, 4.69) is 5.73 Å². The lowest BCUT2D eigenvalue weighted by Gasteiger charge is -2.23.